The van der Waals surface area contributed by atoms with Gasteiger partial charge in [-0.05, 0) is 48.9 Å². The Kier molecular flexibility index (Phi) is 8.19. The highest BCUT2D eigenvalue weighted by Crippen LogP contribution is 2.17. The van der Waals surface area contributed by atoms with Gasteiger partial charge in [-0.3, -0.25) is 0 Å². The maximum absolute atomic E-state index is 12.1. The third kappa shape index (κ3) is 7.10. The van der Waals surface area contributed by atoms with E-state index in [1.807, 2.05) is 68.2 Å². The Morgan fingerprint density at radius 1 is 1.12 bits per heavy atom. The minimum Gasteiger partial charge on any atom is -0.494 e. The van der Waals surface area contributed by atoms with Crippen LogP contribution in [0, 0.1) is 0 Å². The third-order valence-corrected chi connectivity index (χ3v) is 4.71. The number of hydrogen-bond donors (Lipinski definition) is 1. The first-order valence-electron chi connectivity index (χ1n) is 8.57. The summed E-state index contributed by atoms with van der Waals surface area (Å²) in [6.45, 7) is 3.89. The van der Waals surface area contributed by atoms with Crippen LogP contribution in [0.4, 0.5) is 4.79 Å². The zero-order valence-corrected chi connectivity index (χ0v) is 15.7. The summed E-state index contributed by atoms with van der Waals surface area (Å²) < 4.78 is 5.43. The lowest BCUT2D eigenvalue weighted by Gasteiger charge is -2.18. The Balaban J connectivity index is 1.64. The zero-order chi connectivity index (χ0) is 17.9. The van der Waals surface area contributed by atoms with Crippen molar-refractivity contribution >= 4 is 17.8 Å². The molecule has 25 heavy (non-hydrogen) atoms. The molecule has 0 heterocycles. The van der Waals surface area contributed by atoms with E-state index >= 15 is 0 Å². The number of nitrogens with one attached hydrogen (secondary N) is 1. The molecular weight excluding hydrogens is 332 g/mol. The Morgan fingerprint density at radius 2 is 1.84 bits per heavy atom. The summed E-state index contributed by atoms with van der Waals surface area (Å²) in [6, 6.07) is 18.1. The molecule has 0 atom stereocenters. The summed E-state index contributed by atoms with van der Waals surface area (Å²) in [5, 5.41) is 2.97. The van der Waals surface area contributed by atoms with Crippen LogP contribution >= 0.6 is 11.8 Å². The van der Waals surface area contributed by atoms with E-state index in [1.54, 1.807) is 4.90 Å². The fourth-order valence-corrected chi connectivity index (χ4v) is 3.19. The fraction of sp³-hybridized carbons (Fsp3) is 0.350. The van der Waals surface area contributed by atoms with E-state index in [0.717, 1.165) is 23.5 Å². The van der Waals surface area contributed by atoms with Crippen LogP contribution in [0.25, 0.3) is 0 Å². The fourth-order valence-electron chi connectivity index (χ4n) is 2.31. The average molecular weight is 359 g/mol. The lowest BCUT2D eigenvalue weighted by atomic mass is 10.2. The molecule has 2 amide bonds. The second-order valence-corrected chi connectivity index (χ2v) is 6.85. The van der Waals surface area contributed by atoms with Crippen LogP contribution in [-0.2, 0) is 6.54 Å². The van der Waals surface area contributed by atoms with Crippen LogP contribution < -0.4 is 10.1 Å². The van der Waals surface area contributed by atoms with Crippen LogP contribution in [-0.4, -0.2) is 36.9 Å². The van der Waals surface area contributed by atoms with Crippen molar-refractivity contribution < 1.29 is 9.53 Å². The normalized spacial score (nSPS) is 10.3. The number of ether oxygens (including phenoxy) is 1. The maximum Gasteiger partial charge on any atom is 0.317 e. The number of amides is 2. The van der Waals surface area contributed by atoms with Crippen LogP contribution in [0.5, 0.6) is 5.75 Å². The van der Waals surface area contributed by atoms with E-state index in [-0.39, 0.29) is 6.03 Å². The number of thioether (sulfide) groups is 1. The third-order valence-electron chi connectivity index (χ3n) is 3.61. The Morgan fingerprint density at radius 3 is 2.52 bits per heavy atom. The molecule has 0 aromatic heterocycles. The first-order valence-corrected chi connectivity index (χ1v) is 9.56. The van der Waals surface area contributed by atoms with Crippen molar-refractivity contribution in [3.8, 4) is 5.75 Å². The van der Waals surface area contributed by atoms with Crippen molar-refractivity contribution in [2.75, 3.05) is 26.0 Å². The number of carbonyl (C=O) groups excluding carboxylic acids is 1. The molecule has 0 saturated carbocycles. The summed E-state index contributed by atoms with van der Waals surface area (Å²) in [7, 11) is 1.81. The van der Waals surface area contributed by atoms with Gasteiger partial charge >= 0.3 is 6.03 Å². The van der Waals surface area contributed by atoms with Crippen molar-refractivity contribution in [2.45, 2.75) is 24.8 Å². The van der Waals surface area contributed by atoms with E-state index in [2.05, 4.69) is 17.4 Å². The molecule has 0 spiro atoms. The minimum atomic E-state index is -0.0430. The average Bonchev–Trinajstić information content (AvgIpc) is 2.64. The largest absolute Gasteiger partial charge is 0.494 e. The van der Waals surface area contributed by atoms with Crippen molar-refractivity contribution in [1.82, 2.24) is 10.2 Å². The highest BCUT2D eigenvalue weighted by Gasteiger charge is 2.08. The van der Waals surface area contributed by atoms with Crippen LogP contribution in [0.1, 0.15) is 18.9 Å². The van der Waals surface area contributed by atoms with Crippen molar-refractivity contribution in [1.29, 1.82) is 0 Å². The number of carbonyl (C=O) groups is 1. The summed E-state index contributed by atoms with van der Waals surface area (Å²) in [5.74, 6) is 1.85. The van der Waals surface area contributed by atoms with Crippen molar-refractivity contribution in [2.24, 2.45) is 0 Å². The van der Waals surface area contributed by atoms with Gasteiger partial charge in [0.15, 0.2) is 0 Å². The smallest absolute Gasteiger partial charge is 0.317 e. The number of nitrogens with zero attached hydrogens (tertiary/aromatic N) is 1. The van der Waals surface area contributed by atoms with E-state index < -0.39 is 0 Å². The molecule has 1 N–H and O–H groups in total. The molecule has 0 unspecified atom stereocenters. The molecule has 0 aliphatic rings. The number of rotatable bonds is 9. The monoisotopic (exact) mass is 358 g/mol. The quantitative estimate of drug-likeness (QED) is 0.533. The lowest BCUT2D eigenvalue weighted by Crippen LogP contribution is -2.37. The molecule has 0 fully saturated rings. The van der Waals surface area contributed by atoms with Gasteiger partial charge in [0.2, 0.25) is 0 Å². The van der Waals surface area contributed by atoms with E-state index in [9.17, 15) is 4.79 Å². The SMILES string of the molecule is CCOc1ccc(CN(C)C(=O)NCCCSc2ccccc2)cc1. The predicted molar refractivity (Wildman–Crippen MR) is 104 cm³/mol. The summed E-state index contributed by atoms with van der Waals surface area (Å²) in [5.41, 5.74) is 1.08. The molecule has 2 aromatic carbocycles. The highest BCUT2D eigenvalue weighted by atomic mass is 32.2. The zero-order valence-electron chi connectivity index (χ0n) is 14.9. The summed E-state index contributed by atoms with van der Waals surface area (Å²) in [6.07, 6.45) is 0.947. The summed E-state index contributed by atoms with van der Waals surface area (Å²) in [4.78, 5) is 15.1. The van der Waals surface area contributed by atoms with Crippen molar-refractivity contribution in [3.63, 3.8) is 0 Å². The molecule has 5 heteroatoms. The van der Waals surface area contributed by atoms with Crippen molar-refractivity contribution in [3.05, 3.63) is 60.2 Å². The molecule has 2 rings (SSSR count). The second-order valence-electron chi connectivity index (χ2n) is 5.68. The lowest BCUT2D eigenvalue weighted by molar-refractivity contribution is 0.207. The number of urea groups is 1. The second kappa shape index (κ2) is 10.7. The number of hydrogen-bond acceptors (Lipinski definition) is 3. The molecule has 0 aliphatic carbocycles. The molecule has 0 radical (unpaired) electrons. The topological polar surface area (TPSA) is 41.6 Å². The first-order chi connectivity index (χ1) is 12.2. The van der Waals surface area contributed by atoms with Crippen LogP contribution in [0.15, 0.2) is 59.5 Å². The minimum absolute atomic E-state index is 0.0430. The van der Waals surface area contributed by atoms with E-state index in [4.69, 9.17) is 4.74 Å². The molecule has 0 saturated heterocycles. The van der Waals surface area contributed by atoms with Gasteiger partial charge in [-0.2, -0.15) is 0 Å². The number of benzene rings is 2. The molecule has 4 nitrogen and oxygen atoms in total. The Labute approximate surface area is 154 Å². The maximum atomic E-state index is 12.1. The van der Waals surface area contributed by atoms with Gasteiger partial charge in [-0.15, -0.1) is 11.8 Å². The molecule has 2 aromatic rings. The van der Waals surface area contributed by atoms with Gasteiger partial charge in [-0.1, -0.05) is 30.3 Å². The Hall–Kier alpha value is -2.14. The molecule has 0 bridgehead atoms. The highest BCUT2D eigenvalue weighted by molar-refractivity contribution is 7.99. The Bertz CT molecular complexity index is 632. The van der Waals surface area contributed by atoms with Crippen LogP contribution in [0.2, 0.25) is 0 Å². The summed E-state index contributed by atoms with van der Waals surface area (Å²) >= 11 is 1.81. The van der Waals surface area contributed by atoms with Gasteiger partial charge in [0, 0.05) is 25.0 Å². The molecular formula is C20H26N2O2S. The van der Waals surface area contributed by atoms with Gasteiger partial charge < -0.3 is 15.0 Å². The predicted octanol–water partition coefficient (Wildman–Crippen LogP) is 4.41. The molecule has 0 aliphatic heterocycles. The molecule has 134 valence electrons. The van der Waals surface area contributed by atoms with Gasteiger partial charge in [0.05, 0.1) is 6.61 Å². The standard InChI is InChI=1S/C20H26N2O2S/c1-3-24-18-12-10-17(11-13-18)16-22(2)20(23)21-14-7-15-25-19-8-5-4-6-9-19/h4-6,8-13H,3,7,14-16H2,1-2H3,(H,21,23). The van der Waals surface area contributed by atoms with E-state index in [0.29, 0.717) is 19.7 Å². The first kappa shape index (κ1) is 19.2. The van der Waals surface area contributed by atoms with E-state index in [1.165, 1.54) is 4.90 Å². The van der Waals surface area contributed by atoms with Crippen LogP contribution in [0.3, 0.4) is 0 Å². The van der Waals surface area contributed by atoms with Gasteiger partial charge in [0.1, 0.15) is 5.75 Å². The van der Waals surface area contributed by atoms with Gasteiger partial charge in [0.25, 0.3) is 0 Å². The van der Waals surface area contributed by atoms with Gasteiger partial charge in [-0.25, -0.2) is 4.79 Å².